The molecule has 1 fully saturated rings. The number of aliphatic hydroxyl groups excluding tert-OH is 1. The number of aryl methyl sites for hydroxylation is 3. The van der Waals surface area contributed by atoms with Gasteiger partial charge in [-0.25, -0.2) is 0 Å². The van der Waals surface area contributed by atoms with Crippen LogP contribution in [-0.4, -0.2) is 5.11 Å². The Morgan fingerprint density at radius 1 is 1.00 bits per heavy atom. The third kappa shape index (κ3) is 2.93. The molecular formula is C19H30O. The van der Waals surface area contributed by atoms with Gasteiger partial charge in [-0.05, 0) is 68.2 Å². The first-order chi connectivity index (χ1) is 9.35. The van der Waals surface area contributed by atoms with Crippen molar-refractivity contribution in [1.29, 1.82) is 0 Å². The molecule has 0 radical (unpaired) electrons. The summed E-state index contributed by atoms with van der Waals surface area (Å²) in [7, 11) is 0. The van der Waals surface area contributed by atoms with Crippen LogP contribution in [0.15, 0.2) is 12.1 Å². The smallest absolute Gasteiger partial charge is 0.0848 e. The molecule has 1 atom stereocenters. The molecule has 1 aromatic rings. The number of benzene rings is 1. The molecule has 0 spiro atoms. The van der Waals surface area contributed by atoms with E-state index in [-0.39, 0.29) is 11.5 Å². The van der Waals surface area contributed by atoms with Crippen LogP contribution in [0.4, 0.5) is 0 Å². The molecule has 0 heterocycles. The Labute approximate surface area is 124 Å². The zero-order valence-corrected chi connectivity index (χ0v) is 13.8. The van der Waals surface area contributed by atoms with Gasteiger partial charge in [0.15, 0.2) is 0 Å². The van der Waals surface area contributed by atoms with Gasteiger partial charge in [-0.1, -0.05) is 38.8 Å². The predicted octanol–water partition coefficient (Wildman–Crippen LogP) is 5.25. The zero-order valence-electron chi connectivity index (χ0n) is 13.8. The lowest BCUT2D eigenvalue weighted by atomic mass is 9.71. The summed E-state index contributed by atoms with van der Waals surface area (Å²) in [5.74, 6) is 0.648. The second kappa shape index (κ2) is 5.89. The molecule has 1 N–H and O–H groups in total. The average Bonchev–Trinajstić information content (AvgIpc) is 2.81. The van der Waals surface area contributed by atoms with Gasteiger partial charge < -0.3 is 5.11 Å². The fraction of sp³-hybridized carbons (Fsp3) is 0.684. The van der Waals surface area contributed by atoms with Gasteiger partial charge in [0, 0.05) is 5.41 Å². The third-order valence-electron chi connectivity index (χ3n) is 5.17. The second-order valence-electron chi connectivity index (χ2n) is 7.36. The Kier molecular flexibility index (Phi) is 4.59. The molecule has 0 saturated heterocycles. The standard InChI is InChI=1S/C19H30O/c1-13(2)12-19(8-6-7-9-19)18(20)17-11-15(4)14(3)10-16(17)5/h10-11,13,18,20H,6-9,12H2,1-5H3. The van der Waals surface area contributed by atoms with Crippen LogP contribution in [0.1, 0.15) is 74.3 Å². The molecule has 0 aromatic heterocycles. The monoisotopic (exact) mass is 274 g/mol. The van der Waals surface area contributed by atoms with Crippen LogP contribution in [0.25, 0.3) is 0 Å². The highest BCUT2D eigenvalue weighted by atomic mass is 16.3. The minimum atomic E-state index is -0.299. The van der Waals surface area contributed by atoms with Crippen LogP contribution in [0.3, 0.4) is 0 Å². The molecule has 1 aliphatic carbocycles. The summed E-state index contributed by atoms with van der Waals surface area (Å²) < 4.78 is 0. The minimum absolute atomic E-state index is 0.112. The molecule has 1 nitrogen and oxygen atoms in total. The molecular weight excluding hydrogens is 244 g/mol. The molecule has 1 aliphatic rings. The van der Waals surface area contributed by atoms with Crippen molar-refractivity contribution in [2.75, 3.05) is 0 Å². The lowest BCUT2D eigenvalue weighted by Crippen LogP contribution is -2.28. The lowest BCUT2D eigenvalue weighted by Gasteiger charge is -2.37. The van der Waals surface area contributed by atoms with Crippen molar-refractivity contribution < 1.29 is 5.11 Å². The molecule has 0 amide bonds. The largest absolute Gasteiger partial charge is 0.388 e. The van der Waals surface area contributed by atoms with Crippen LogP contribution in [0.5, 0.6) is 0 Å². The van der Waals surface area contributed by atoms with E-state index in [2.05, 4.69) is 46.8 Å². The molecule has 1 saturated carbocycles. The molecule has 1 aromatic carbocycles. The topological polar surface area (TPSA) is 20.2 Å². The Balaban J connectivity index is 2.37. The highest BCUT2D eigenvalue weighted by Crippen LogP contribution is 2.52. The SMILES string of the molecule is Cc1cc(C)c(C(O)C2(CC(C)C)CCCC2)cc1C. The van der Waals surface area contributed by atoms with Gasteiger partial charge in [-0.2, -0.15) is 0 Å². The third-order valence-corrected chi connectivity index (χ3v) is 5.17. The van der Waals surface area contributed by atoms with E-state index < -0.39 is 0 Å². The van der Waals surface area contributed by atoms with Crippen molar-refractivity contribution >= 4 is 0 Å². The normalized spacial score (nSPS) is 19.6. The van der Waals surface area contributed by atoms with E-state index >= 15 is 0 Å². The van der Waals surface area contributed by atoms with Crippen LogP contribution in [-0.2, 0) is 0 Å². The summed E-state index contributed by atoms with van der Waals surface area (Å²) in [5.41, 5.74) is 5.14. The summed E-state index contributed by atoms with van der Waals surface area (Å²) in [6.45, 7) is 11.0. The van der Waals surface area contributed by atoms with Crippen molar-refractivity contribution in [2.45, 2.75) is 72.8 Å². The van der Waals surface area contributed by atoms with Crippen LogP contribution < -0.4 is 0 Å². The summed E-state index contributed by atoms with van der Waals surface area (Å²) in [5, 5.41) is 11.1. The second-order valence-corrected chi connectivity index (χ2v) is 7.36. The summed E-state index contributed by atoms with van der Waals surface area (Å²) >= 11 is 0. The van der Waals surface area contributed by atoms with Crippen LogP contribution >= 0.6 is 0 Å². The highest BCUT2D eigenvalue weighted by molar-refractivity contribution is 5.38. The highest BCUT2D eigenvalue weighted by Gasteiger charge is 2.42. The summed E-state index contributed by atoms with van der Waals surface area (Å²) in [4.78, 5) is 0. The summed E-state index contributed by atoms with van der Waals surface area (Å²) in [6, 6.07) is 4.45. The maximum Gasteiger partial charge on any atom is 0.0848 e. The minimum Gasteiger partial charge on any atom is -0.388 e. The molecule has 2 rings (SSSR count). The number of aliphatic hydroxyl groups is 1. The number of hydrogen-bond acceptors (Lipinski definition) is 1. The van der Waals surface area contributed by atoms with Crippen molar-refractivity contribution in [3.8, 4) is 0 Å². The van der Waals surface area contributed by atoms with E-state index in [4.69, 9.17) is 0 Å². The molecule has 112 valence electrons. The Morgan fingerprint density at radius 2 is 1.55 bits per heavy atom. The van der Waals surface area contributed by atoms with Gasteiger partial charge in [0.25, 0.3) is 0 Å². The first-order valence-corrected chi connectivity index (χ1v) is 8.11. The molecule has 1 heteroatoms. The predicted molar refractivity (Wildman–Crippen MR) is 86.0 cm³/mol. The first kappa shape index (κ1) is 15.6. The van der Waals surface area contributed by atoms with Crippen LogP contribution in [0, 0.1) is 32.1 Å². The summed E-state index contributed by atoms with van der Waals surface area (Å²) in [6.07, 6.45) is 5.74. The zero-order chi connectivity index (χ0) is 14.9. The van der Waals surface area contributed by atoms with Gasteiger partial charge in [0.2, 0.25) is 0 Å². The van der Waals surface area contributed by atoms with Gasteiger partial charge in [0.05, 0.1) is 6.10 Å². The van der Waals surface area contributed by atoms with E-state index in [0.29, 0.717) is 5.92 Å². The van der Waals surface area contributed by atoms with Gasteiger partial charge >= 0.3 is 0 Å². The quantitative estimate of drug-likeness (QED) is 0.795. The van der Waals surface area contributed by atoms with E-state index in [0.717, 1.165) is 12.0 Å². The van der Waals surface area contributed by atoms with E-state index in [1.807, 2.05) is 0 Å². The van der Waals surface area contributed by atoms with Gasteiger partial charge in [0.1, 0.15) is 0 Å². The van der Waals surface area contributed by atoms with Crippen molar-refractivity contribution in [1.82, 2.24) is 0 Å². The maximum atomic E-state index is 11.1. The number of rotatable bonds is 4. The lowest BCUT2D eigenvalue weighted by molar-refractivity contribution is 0.0107. The Bertz CT molecular complexity index is 467. The Morgan fingerprint density at radius 3 is 2.10 bits per heavy atom. The van der Waals surface area contributed by atoms with Crippen molar-refractivity contribution in [2.24, 2.45) is 11.3 Å². The number of hydrogen-bond donors (Lipinski definition) is 1. The molecule has 0 aliphatic heterocycles. The fourth-order valence-electron chi connectivity index (χ4n) is 4.09. The van der Waals surface area contributed by atoms with Gasteiger partial charge in [-0.15, -0.1) is 0 Å². The maximum absolute atomic E-state index is 11.1. The first-order valence-electron chi connectivity index (χ1n) is 8.11. The van der Waals surface area contributed by atoms with E-state index in [1.54, 1.807) is 0 Å². The molecule has 0 bridgehead atoms. The van der Waals surface area contributed by atoms with Gasteiger partial charge in [-0.3, -0.25) is 0 Å². The molecule has 1 unspecified atom stereocenters. The van der Waals surface area contributed by atoms with Crippen molar-refractivity contribution in [3.05, 3.63) is 34.4 Å². The van der Waals surface area contributed by atoms with Crippen molar-refractivity contribution in [3.63, 3.8) is 0 Å². The Hall–Kier alpha value is -0.820. The molecule has 20 heavy (non-hydrogen) atoms. The fourth-order valence-corrected chi connectivity index (χ4v) is 4.09. The van der Waals surface area contributed by atoms with E-state index in [9.17, 15) is 5.11 Å². The van der Waals surface area contributed by atoms with Crippen LogP contribution in [0.2, 0.25) is 0 Å². The van der Waals surface area contributed by atoms with E-state index in [1.165, 1.54) is 42.4 Å². The average molecular weight is 274 g/mol.